The molecule has 2 aromatic carbocycles. The fourth-order valence-corrected chi connectivity index (χ4v) is 5.08. The molecule has 26 heavy (non-hydrogen) atoms. The minimum Gasteiger partial charge on any atom is -0.425 e. The van der Waals surface area contributed by atoms with Crippen molar-refractivity contribution in [2.45, 2.75) is 19.8 Å². The third kappa shape index (κ3) is 2.03. The van der Waals surface area contributed by atoms with Crippen LogP contribution >= 0.6 is 31.9 Å². The number of ether oxygens (including phenoxy) is 1. The second-order valence-corrected chi connectivity index (χ2v) is 8.74. The van der Waals surface area contributed by atoms with Gasteiger partial charge in [-0.1, -0.05) is 50.9 Å². The van der Waals surface area contributed by atoms with Crippen LogP contribution in [-0.2, 0) is 9.59 Å². The lowest BCUT2D eigenvalue weighted by atomic mass is 9.85. The molecule has 0 radical (unpaired) electrons. The Morgan fingerprint density at radius 3 is 2.27 bits per heavy atom. The van der Waals surface area contributed by atoms with Crippen molar-refractivity contribution in [2.75, 3.05) is 0 Å². The van der Waals surface area contributed by atoms with Gasteiger partial charge in [-0.3, -0.25) is 14.4 Å². The number of carbonyl (C=O) groups excluding carboxylic acids is 3. The van der Waals surface area contributed by atoms with Gasteiger partial charge < -0.3 is 4.74 Å². The van der Waals surface area contributed by atoms with Crippen LogP contribution < -0.4 is 4.74 Å². The number of fused-ring (bicyclic) bond motifs is 3. The highest BCUT2D eigenvalue weighted by Crippen LogP contribution is 2.78. The zero-order valence-electron chi connectivity index (χ0n) is 14.0. The lowest BCUT2D eigenvalue weighted by Gasteiger charge is -2.21. The maximum atomic E-state index is 13.4. The number of Topliss-reactive ketones (excluding diaryl/α,β-unsaturated/α-hetero) is 2. The van der Waals surface area contributed by atoms with E-state index in [9.17, 15) is 14.4 Å². The van der Waals surface area contributed by atoms with Gasteiger partial charge in [0.05, 0.1) is 5.41 Å². The molecule has 4 rings (SSSR count). The lowest BCUT2D eigenvalue weighted by molar-refractivity contribution is -0.147. The highest BCUT2D eigenvalue weighted by Gasteiger charge is 2.86. The number of ketones is 2. The van der Waals surface area contributed by atoms with Crippen molar-refractivity contribution < 1.29 is 19.1 Å². The van der Waals surface area contributed by atoms with Crippen LogP contribution in [0.1, 0.15) is 35.7 Å². The zero-order valence-corrected chi connectivity index (χ0v) is 17.2. The van der Waals surface area contributed by atoms with Crippen LogP contribution in [0.2, 0.25) is 0 Å². The quantitative estimate of drug-likeness (QED) is 0.278. The van der Waals surface area contributed by atoms with Crippen LogP contribution in [0.25, 0.3) is 0 Å². The summed E-state index contributed by atoms with van der Waals surface area (Å²) in [5, 5.41) is 0. The predicted molar refractivity (Wildman–Crippen MR) is 102 cm³/mol. The summed E-state index contributed by atoms with van der Waals surface area (Å²) in [7, 11) is 0. The van der Waals surface area contributed by atoms with E-state index in [1.165, 1.54) is 6.92 Å². The molecule has 0 N–H and O–H groups in total. The molecule has 0 unspecified atom stereocenters. The standard InChI is InChI=1S/C20H14Br2O4/c1-10(23)20-16(14-9-13(22)7-8-15(14)26-18(20)25)19(20,2)17(24)11-3-5-12(21)6-4-11/h3-9,16H,1-2H3/t16-,19-,20+/m0/s1. The van der Waals surface area contributed by atoms with Crippen molar-refractivity contribution >= 4 is 49.4 Å². The Balaban J connectivity index is 1.91. The van der Waals surface area contributed by atoms with Crippen molar-refractivity contribution in [1.82, 2.24) is 0 Å². The van der Waals surface area contributed by atoms with Gasteiger partial charge in [0.1, 0.15) is 16.9 Å². The Morgan fingerprint density at radius 2 is 1.65 bits per heavy atom. The Bertz CT molecular complexity index is 982. The number of hydrogen-bond acceptors (Lipinski definition) is 4. The smallest absolute Gasteiger partial charge is 0.326 e. The minimum absolute atomic E-state index is 0.227. The first-order valence-corrected chi connectivity index (χ1v) is 9.66. The Labute approximate surface area is 167 Å². The van der Waals surface area contributed by atoms with E-state index in [1.54, 1.807) is 43.3 Å². The SMILES string of the molecule is CC(=O)[C@]12C(=O)Oc3ccc(Br)cc3[C@H]1[C@@]2(C)C(=O)c1ccc(Br)cc1. The van der Waals surface area contributed by atoms with Crippen LogP contribution in [0.4, 0.5) is 0 Å². The number of hydrogen-bond donors (Lipinski definition) is 0. The molecule has 0 saturated heterocycles. The number of esters is 1. The number of halogens is 2. The summed E-state index contributed by atoms with van der Waals surface area (Å²) in [4.78, 5) is 38.8. The normalized spacial score (nSPS) is 28.6. The molecule has 2 aromatic rings. The first kappa shape index (κ1) is 17.6. The van der Waals surface area contributed by atoms with Gasteiger partial charge >= 0.3 is 5.97 Å². The number of carbonyl (C=O) groups is 3. The fourth-order valence-electron chi connectivity index (χ4n) is 4.44. The Hall–Kier alpha value is -1.79. The fraction of sp³-hybridized carbons (Fsp3) is 0.250. The van der Waals surface area contributed by atoms with Gasteiger partial charge in [-0.2, -0.15) is 0 Å². The molecule has 2 aliphatic rings. The molecule has 0 bridgehead atoms. The molecule has 4 nitrogen and oxygen atoms in total. The highest BCUT2D eigenvalue weighted by molar-refractivity contribution is 9.10. The summed E-state index contributed by atoms with van der Waals surface area (Å²) in [5.74, 6) is -1.33. The molecule has 1 aliphatic carbocycles. The molecule has 0 amide bonds. The van der Waals surface area contributed by atoms with Gasteiger partial charge in [-0.25, -0.2) is 0 Å². The van der Waals surface area contributed by atoms with Crippen molar-refractivity contribution in [3.8, 4) is 5.75 Å². The highest BCUT2D eigenvalue weighted by atomic mass is 79.9. The maximum absolute atomic E-state index is 13.4. The van der Waals surface area contributed by atoms with Crippen molar-refractivity contribution in [2.24, 2.45) is 10.8 Å². The van der Waals surface area contributed by atoms with E-state index >= 15 is 0 Å². The van der Waals surface area contributed by atoms with Gasteiger partial charge in [0.15, 0.2) is 5.78 Å². The number of rotatable bonds is 3. The molecule has 0 spiro atoms. The van der Waals surface area contributed by atoms with Crippen molar-refractivity contribution in [1.29, 1.82) is 0 Å². The minimum atomic E-state index is -1.47. The Morgan fingerprint density at radius 1 is 1.04 bits per heavy atom. The zero-order chi connectivity index (χ0) is 18.9. The molecular formula is C20H14Br2O4. The number of benzene rings is 2. The Kier molecular flexibility index (Phi) is 3.80. The van der Waals surface area contributed by atoms with E-state index in [0.717, 1.165) is 8.95 Å². The van der Waals surface area contributed by atoms with Crippen molar-refractivity contribution in [3.63, 3.8) is 0 Å². The van der Waals surface area contributed by atoms with Crippen LogP contribution in [0.3, 0.4) is 0 Å². The van der Waals surface area contributed by atoms with E-state index in [1.807, 2.05) is 6.07 Å². The van der Waals surface area contributed by atoms with E-state index in [2.05, 4.69) is 31.9 Å². The lowest BCUT2D eigenvalue weighted by Crippen LogP contribution is -2.37. The van der Waals surface area contributed by atoms with E-state index < -0.39 is 22.7 Å². The third-order valence-electron chi connectivity index (χ3n) is 5.69. The summed E-state index contributed by atoms with van der Waals surface area (Å²) in [6.07, 6.45) is 0. The second-order valence-electron chi connectivity index (χ2n) is 6.91. The summed E-state index contributed by atoms with van der Waals surface area (Å²) >= 11 is 6.77. The predicted octanol–water partition coefficient (Wildman–Crippen LogP) is 4.69. The van der Waals surface area contributed by atoms with E-state index in [0.29, 0.717) is 16.9 Å². The first-order chi connectivity index (χ1) is 12.2. The molecule has 0 aromatic heterocycles. The molecule has 3 atom stereocenters. The molecular weight excluding hydrogens is 464 g/mol. The summed E-state index contributed by atoms with van der Waals surface area (Å²) in [5.41, 5.74) is -1.46. The molecule has 1 heterocycles. The summed E-state index contributed by atoms with van der Waals surface area (Å²) < 4.78 is 7.12. The van der Waals surface area contributed by atoms with Crippen LogP contribution in [-0.4, -0.2) is 17.5 Å². The van der Waals surface area contributed by atoms with Crippen LogP contribution in [0.5, 0.6) is 5.75 Å². The van der Waals surface area contributed by atoms with Gasteiger partial charge in [-0.15, -0.1) is 0 Å². The molecule has 6 heteroatoms. The van der Waals surface area contributed by atoms with Crippen molar-refractivity contribution in [3.05, 3.63) is 62.5 Å². The molecule has 1 fully saturated rings. The monoisotopic (exact) mass is 476 g/mol. The van der Waals surface area contributed by atoms with Crippen LogP contribution in [0.15, 0.2) is 51.4 Å². The first-order valence-electron chi connectivity index (χ1n) is 8.07. The van der Waals surface area contributed by atoms with Crippen LogP contribution in [0, 0.1) is 10.8 Å². The van der Waals surface area contributed by atoms with Gasteiger partial charge in [-0.05, 0) is 37.3 Å². The van der Waals surface area contributed by atoms with Gasteiger partial charge in [0, 0.05) is 26.0 Å². The van der Waals surface area contributed by atoms with E-state index in [-0.39, 0.29) is 11.6 Å². The van der Waals surface area contributed by atoms with Gasteiger partial charge in [0.25, 0.3) is 0 Å². The topological polar surface area (TPSA) is 60.4 Å². The third-order valence-corrected chi connectivity index (χ3v) is 6.71. The molecule has 132 valence electrons. The average molecular weight is 478 g/mol. The summed E-state index contributed by atoms with van der Waals surface area (Å²) in [6, 6.07) is 12.2. The molecule has 1 saturated carbocycles. The summed E-state index contributed by atoms with van der Waals surface area (Å²) in [6.45, 7) is 3.05. The second kappa shape index (κ2) is 5.60. The largest absolute Gasteiger partial charge is 0.425 e. The van der Waals surface area contributed by atoms with Gasteiger partial charge in [0.2, 0.25) is 0 Å². The van der Waals surface area contributed by atoms with E-state index in [4.69, 9.17) is 4.74 Å². The average Bonchev–Trinajstić information content (AvgIpc) is 3.20. The molecule has 1 aliphatic heterocycles. The maximum Gasteiger partial charge on any atom is 0.326 e.